The Morgan fingerprint density at radius 2 is 1.45 bits per heavy atom. The summed E-state index contributed by atoms with van der Waals surface area (Å²) >= 11 is 0. The second kappa shape index (κ2) is 4.87. The highest BCUT2D eigenvalue weighted by atomic mass is 14.9. The van der Waals surface area contributed by atoms with Crippen molar-refractivity contribution in [2.75, 3.05) is 6.54 Å². The molecule has 0 spiro atoms. The molecule has 0 saturated heterocycles. The minimum absolute atomic E-state index is 0.244. The van der Waals surface area contributed by atoms with E-state index >= 15 is 0 Å². The van der Waals surface area contributed by atoms with Gasteiger partial charge in [-0.1, -0.05) is 72.7 Å². The lowest BCUT2D eigenvalue weighted by Gasteiger charge is -2.19. The quantitative estimate of drug-likeness (QED) is 0.834. The molecule has 0 unspecified atom stereocenters. The van der Waals surface area contributed by atoms with E-state index in [0.29, 0.717) is 10.8 Å². The van der Waals surface area contributed by atoms with Gasteiger partial charge in [0.25, 0.3) is 0 Å². The highest BCUT2D eigenvalue weighted by Crippen LogP contribution is 2.67. The first kappa shape index (κ1) is 15.6. The Bertz CT molecular complexity index is 446. The first-order chi connectivity index (χ1) is 9.07. The van der Waals surface area contributed by atoms with Crippen LogP contribution in [0.2, 0.25) is 0 Å². The van der Waals surface area contributed by atoms with Gasteiger partial charge >= 0.3 is 0 Å². The monoisotopic (exact) mass is 273 g/mol. The van der Waals surface area contributed by atoms with Crippen LogP contribution in [0.5, 0.6) is 0 Å². The van der Waals surface area contributed by atoms with Gasteiger partial charge in [0.05, 0.1) is 0 Å². The highest BCUT2D eigenvalue weighted by Gasteiger charge is 2.63. The maximum Gasteiger partial charge on any atom is 0.0205 e. The summed E-state index contributed by atoms with van der Waals surface area (Å²) in [6.45, 7) is 18.4. The van der Waals surface area contributed by atoms with Crippen molar-refractivity contribution in [2.45, 2.75) is 60.4 Å². The zero-order valence-electron chi connectivity index (χ0n) is 14.3. The molecule has 0 heterocycles. The Kier molecular flexibility index (Phi) is 3.79. The number of rotatable bonds is 4. The van der Waals surface area contributed by atoms with Gasteiger partial charge in [-0.05, 0) is 39.8 Å². The lowest BCUT2D eigenvalue weighted by atomic mass is 9.87. The number of benzene rings is 1. The van der Waals surface area contributed by atoms with Crippen LogP contribution in [0.1, 0.15) is 59.6 Å². The molecule has 1 aromatic carbocycles. The van der Waals surface area contributed by atoms with Gasteiger partial charge in [-0.25, -0.2) is 0 Å². The van der Waals surface area contributed by atoms with Crippen molar-refractivity contribution in [3.8, 4) is 0 Å². The van der Waals surface area contributed by atoms with E-state index < -0.39 is 0 Å². The number of hydrogen-bond donors (Lipinski definition) is 1. The van der Waals surface area contributed by atoms with Crippen molar-refractivity contribution in [1.29, 1.82) is 0 Å². The van der Waals surface area contributed by atoms with E-state index in [1.54, 1.807) is 0 Å². The van der Waals surface area contributed by atoms with Gasteiger partial charge in [0.2, 0.25) is 0 Å². The lowest BCUT2D eigenvalue weighted by molar-refractivity contribution is 0.457. The molecular formula is C19H31N. The molecule has 0 radical (unpaired) electrons. The third kappa shape index (κ3) is 2.79. The summed E-state index contributed by atoms with van der Waals surface area (Å²) < 4.78 is 0. The average Bonchev–Trinajstić information content (AvgIpc) is 2.71. The predicted octanol–water partition coefficient (Wildman–Crippen LogP) is 4.76. The highest BCUT2D eigenvalue weighted by molar-refractivity contribution is 5.27. The molecule has 20 heavy (non-hydrogen) atoms. The summed E-state index contributed by atoms with van der Waals surface area (Å²) in [5.41, 5.74) is 4.00. The molecule has 112 valence electrons. The number of nitrogens with one attached hydrogen (secondary N) is 1. The zero-order valence-corrected chi connectivity index (χ0v) is 14.3. The minimum atomic E-state index is 0.244. The summed E-state index contributed by atoms with van der Waals surface area (Å²) in [6, 6.07) is 9.05. The summed E-state index contributed by atoms with van der Waals surface area (Å²) in [4.78, 5) is 0. The summed E-state index contributed by atoms with van der Waals surface area (Å²) in [5.74, 6) is 0.795. The minimum Gasteiger partial charge on any atom is -0.312 e. The molecule has 0 bridgehead atoms. The summed E-state index contributed by atoms with van der Waals surface area (Å²) in [6.07, 6.45) is 0. The van der Waals surface area contributed by atoms with Crippen LogP contribution in [0.4, 0.5) is 0 Å². The maximum atomic E-state index is 3.63. The molecule has 1 saturated carbocycles. The summed E-state index contributed by atoms with van der Waals surface area (Å²) in [7, 11) is 0. The van der Waals surface area contributed by atoms with Gasteiger partial charge in [0.1, 0.15) is 0 Å². The lowest BCUT2D eigenvalue weighted by Crippen LogP contribution is -2.19. The van der Waals surface area contributed by atoms with Gasteiger partial charge in [-0.3, -0.25) is 0 Å². The molecular weight excluding hydrogens is 242 g/mol. The van der Waals surface area contributed by atoms with Crippen LogP contribution in [0.15, 0.2) is 24.3 Å². The van der Waals surface area contributed by atoms with Crippen LogP contribution in [0, 0.1) is 16.7 Å². The van der Waals surface area contributed by atoms with Gasteiger partial charge in [0.15, 0.2) is 0 Å². The molecule has 1 heteroatoms. The van der Waals surface area contributed by atoms with Gasteiger partial charge in [0, 0.05) is 6.54 Å². The van der Waals surface area contributed by atoms with Crippen LogP contribution in [-0.2, 0) is 12.0 Å². The van der Waals surface area contributed by atoms with E-state index in [2.05, 4.69) is 78.0 Å². The SMILES string of the molecule is CC(C)(C)c1ccc(CNCC2C(C)(C)C2(C)C)cc1. The molecule has 1 aliphatic rings. The van der Waals surface area contributed by atoms with E-state index in [-0.39, 0.29) is 5.41 Å². The molecule has 0 aromatic heterocycles. The van der Waals surface area contributed by atoms with Gasteiger partial charge < -0.3 is 5.32 Å². The maximum absolute atomic E-state index is 3.63. The molecule has 0 atom stereocenters. The van der Waals surface area contributed by atoms with E-state index in [0.717, 1.165) is 19.0 Å². The second-order valence-corrected chi connectivity index (χ2v) is 8.57. The standard InChI is InChI=1S/C19H31N/c1-17(2,3)15-10-8-14(9-11-15)12-20-13-16-18(4,5)19(16,6)7/h8-11,16,20H,12-13H2,1-7H3. The molecule has 2 rings (SSSR count). The normalized spacial score (nSPS) is 20.9. The Labute approximate surface area is 125 Å². The van der Waals surface area contributed by atoms with E-state index in [4.69, 9.17) is 0 Å². The first-order valence-corrected chi connectivity index (χ1v) is 7.87. The molecule has 1 fully saturated rings. The van der Waals surface area contributed by atoms with Crippen molar-refractivity contribution in [2.24, 2.45) is 16.7 Å². The largest absolute Gasteiger partial charge is 0.312 e. The Morgan fingerprint density at radius 1 is 0.950 bits per heavy atom. The van der Waals surface area contributed by atoms with Crippen LogP contribution in [0.3, 0.4) is 0 Å². The molecule has 1 nitrogen and oxygen atoms in total. The van der Waals surface area contributed by atoms with Crippen LogP contribution >= 0.6 is 0 Å². The smallest absolute Gasteiger partial charge is 0.0205 e. The molecule has 0 aliphatic heterocycles. The molecule has 0 amide bonds. The predicted molar refractivity (Wildman–Crippen MR) is 87.9 cm³/mol. The van der Waals surface area contributed by atoms with Crippen molar-refractivity contribution >= 4 is 0 Å². The molecule has 1 aliphatic carbocycles. The third-order valence-corrected chi connectivity index (χ3v) is 5.82. The Morgan fingerprint density at radius 3 is 1.85 bits per heavy atom. The Hall–Kier alpha value is -0.820. The van der Waals surface area contributed by atoms with Gasteiger partial charge in [-0.2, -0.15) is 0 Å². The Balaban J connectivity index is 1.84. The molecule has 1 aromatic rings. The van der Waals surface area contributed by atoms with Crippen LogP contribution in [0.25, 0.3) is 0 Å². The van der Waals surface area contributed by atoms with Gasteiger partial charge in [-0.15, -0.1) is 0 Å². The fraction of sp³-hybridized carbons (Fsp3) is 0.684. The van der Waals surface area contributed by atoms with Crippen molar-refractivity contribution < 1.29 is 0 Å². The zero-order chi connectivity index (χ0) is 15.2. The fourth-order valence-electron chi connectivity index (χ4n) is 3.33. The van der Waals surface area contributed by atoms with E-state index in [1.165, 1.54) is 11.1 Å². The van der Waals surface area contributed by atoms with Crippen molar-refractivity contribution in [3.63, 3.8) is 0 Å². The van der Waals surface area contributed by atoms with Crippen molar-refractivity contribution in [3.05, 3.63) is 35.4 Å². The average molecular weight is 273 g/mol. The third-order valence-electron chi connectivity index (χ3n) is 5.82. The van der Waals surface area contributed by atoms with E-state index in [1.807, 2.05) is 0 Å². The summed E-state index contributed by atoms with van der Waals surface area (Å²) in [5, 5.41) is 3.63. The first-order valence-electron chi connectivity index (χ1n) is 7.87. The van der Waals surface area contributed by atoms with Crippen LogP contribution < -0.4 is 5.32 Å². The number of hydrogen-bond acceptors (Lipinski definition) is 1. The van der Waals surface area contributed by atoms with Crippen LogP contribution in [-0.4, -0.2) is 6.54 Å². The van der Waals surface area contributed by atoms with E-state index in [9.17, 15) is 0 Å². The molecule has 1 N–H and O–H groups in total. The topological polar surface area (TPSA) is 12.0 Å². The second-order valence-electron chi connectivity index (χ2n) is 8.57. The van der Waals surface area contributed by atoms with Crippen molar-refractivity contribution in [1.82, 2.24) is 5.32 Å². The fourth-order valence-corrected chi connectivity index (χ4v) is 3.33.